The number of carbonyl (C=O) groups excluding carboxylic acids is 1. The number of aromatic nitrogens is 3. The zero-order valence-corrected chi connectivity index (χ0v) is 18.9. The number of rotatable bonds is 6. The van der Waals surface area contributed by atoms with Gasteiger partial charge in [0.1, 0.15) is 10.6 Å². The molecule has 0 spiro atoms. The number of amides is 1. The molecule has 5 rings (SSSR count). The molecule has 1 fully saturated rings. The number of aryl methyl sites for hydroxylation is 2. The van der Waals surface area contributed by atoms with Gasteiger partial charge in [0.05, 0.1) is 11.3 Å². The van der Waals surface area contributed by atoms with Gasteiger partial charge in [-0.25, -0.2) is 9.97 Å². The van der Waals surface area contributed by atoms with Gasteiger partial charge >= 0.3 is 0 Å². The van der Waals surface area contributed by atoms with Crippen molar-refractivity contribution in [2.24, 2.45) is 5.92 Å². The van der Waals surface area contributed by atoms with Crippen LogP contribution in [-0.4, -0.2) is 40.5 Å². The van der Waals surface area contributed by atoms with Crippen LogP contribution in [-0.2, 0) is 17.6 Å². The van der Waals surface area contributed by atoms with E-state index in [-0.39, 0.29) is 11.8 Å². The van der Waals surface area contributed by atoms with Crippen molar-refractivity contribution in [1.82, 2.24) is 20.3 Å². The van der Waals surface area contributed by atoms with E-state index >= 15 is 0 Å². The van der Waals surface area contributed by atoms with Gasteiger partial charge in [-0.3, -0.25) is 9.78 Å². The molecule has 3 aromatic heterocycles. The molecule has 3 aromatic rings. The van der Waals surface area contributed by atoms with Crippen LogP contribution in [0, 0.1) is 5.92 Å². The molecule has 1 amide bonds. The first-order chi connectivity index (χ1) is 15.2. The first-order valence-corrected chi connectivity index (χ1v) is 12.3. The first kappa shape index (κ1) is 20.4. The molecule has 31 heavy (non-hydrogen) atoms. The van der Waals surface area contributed by atoms with E-state index in [1.165, 1.54) is 22.2 Å². The summed E-state index contributed by atoms with van der Waals surface area (Å²) < 4.78 is 0. The van der Waals surface area contributed by atoms with E-state index in [2.05, 4.69) is 22.1 Å². The second kappa shape index (κ2) is 8.91. The van der Waals surface area contributed by atoms with Gasteiger partial charge in [0.25, 0.3) is 0 Å². The molecule has 7 heteroatoms. The fourth-order valence-corrected chi connectivity index (χ4v) is 6.00. The Morgan fingerprint density at radius 3 is 3.06 bits per heavy atom. The third-order valence-electron chi connectivity index (χ3n) is 6.39. The molecule has 6 nitrogen and oxygen atoms in total. The topological polar surface area (TPSA) is 71.0 Å². The highest BCUT2D eigenvalue weighted by molar-refractivity contribution is 7.19. The second-order valence-corrected chi connectivity index (χ2v) is 9.66. The van der Waals surface area contributed by atoms with Crippen LogP contribution < -0.4 is 10.2 Å². The number of fused-ring (bicyclic) bond motifs is 3. The number of hydrogen-bond donors (Lipinski definition) is 1. The number of thiophene rings is 1. The first-order valence-electron chi connectivity index (χ1n) is 11.5. The lowest BCUT2D eigenvalue weighted by atomic mass is 9.96. The highest BCUT2D eigenvalue weighted by atomic mass is 32.1. The average Bonchev–Trinajstić information content (AvgIpc) is 3.40. The van der Waals surface area contributed by atoms with E-state index in [9.17, 15) is 4.79 Å². The third-order valence-corrected chi connectivity index (χ3v) is 7.57. The molecule has 0 radical (unpaired) electrons. The number of nitrogens with zero attached hydrogens (tertiary/aromatic N) is 4. The summed E-state index contributed by atoms with van der Waals surface area (Å²) in [5.74, 6) is 1.94. The summed E-state index contributed by atoms with van der Waals surface area (Å²) in [6.45, 7) is 4.57. The van der Waals surface area contributed by atoms with Crippen LogP contribution in [0.5, 0.6) is 0 Å². The second-order valence-electron chi connectivity index (χ2n) is 8.58. The monoisotopic (exact) mass is 435 g/mol. The molecular weight excluding hydrogens is 406 g/mol. The molecule has 1 saturated heterocycles. The standard InChI is InChI=1S/C24H29N5OS/c1-2-3-12-26-23(30)17-8-6-13-29(15-17)22-20-18-9-4-10-19(18)31-24(20)28-21(27-22)16-7-5-11-25-14-16/h5,7,11,14,17H,2-4,6,8-10,12-13,15H2,1H3,(H,26,30). The number of carbonyl (C=O) groups is 1. The Morgan fingerprint density at radius 2 is 2.23 bits per heavy atom. The molecule has 1 N–H and O–H groups in total. The van der Waals surface area contributed by atoms with Gasteiger partial charge in [-0.05, 0) is 56.2 Å². The number of piperidine rings is 1. The van der Waals surface area contributed by atoms with Gasteiger partial charge < -0.3 is 10.2 Å². The molecule has 1 aliphatic carbocycles. The van der Waals surface area contributed by atoms with E-state index in [4.69, 9.17) is 9.97 Å². The molecule has 0 bridgehead atoms. The molecule has 1 atom stereocenters. The Bertz CT molecular complexity index is 1080. The Kier molecular flexibility index (Phi) is 5.85. The molecule has 2 aliphatic rings. The number of nitrogens with one attached hydrogen (secondary N) is 1. The van der Waals surface area contributed by atoms with Crippen molar-refractivity contribution < 1.29 is 4.79 Å². The van der Waals surface area contributed by atoms with Crippen molar-refractivity contribution in [2.45, 2.75) is 51.9 Å². The van der Waals surface area contributed by atoms with Crippen LogP contribution in [0.4, 0.5) is 5.82 Å². The minimum atomic E-state index is 0.0177. The van der Waals surface area contributed by atoms with Crippen LogP contribution in [0.1, 0.15) is 49.5 Å². The lowest BCUT2D eigenvalue weighted by Crippen LogP contribution is -2.43. The van der Waals surface area contributed by atoms with Crippen LogP contribution in [0.3, 0.4) is 0 Å². The third kappa shape index (κ3) is 4.03. The van der Waals surface area contributed by atoms with Gasteiger partial charge in [-0.1, -0.05) is 13.3 Å². The number of anilines is 1. The average molecular weight is 436 g/mol. The van der Waals surface area contributed by atoms with Gasteiger partial charge in [0, 0.05) is 42.5 Å². The summed E-state index contributed by atoms with van der Waals surface area (Å²) in [5, 5.41) is 4.35. The Labute approximate surface area is 187 Å². The zero-order valence-electron chi connectivity index (χ0n) is 18.1. The molecule has 0 aromatic carbocycles. The van der Waals surface area contributed by atoms with E-state index in [1.807, 2.05) is 29.7 Å². The van der Waals surface area contributed by atoms with Gasteiger partial charge in [0.2, 0.25) is 5.91 Å². The maximum atomic E-state index is 12.8. The van der Waals surface area contributed by atoms with E-state index < -0.39 is 0 Å². The van der Waals surface area contributed by atoms with Crippen molar-refractivity contribution in [3.05, 3.63) is 35.0 Å². The predicted octanol–water partition coefficient (Wildman–Crippen LogP) is 4.37. The Morgan fingerprint density at radius 1 is 1.29 bits per heavy atom. The largest absolute Gasteiger partial charge is 0.356 e. The lowest BCUT2D eigenvalue weighted by molar-refractivity contribution is -0.125. The van der Waals surface area contributed by atoms with Gasteiger partial charge in [0.15, 0.2) is 5.82 Å². The molecule has 4 heterocycles. The van der Waals surface area contributed by atoms with Crippen LogP contribution in [0.15, 0.2) is 24.5 Å². The Balaban J connectivity index is 1.51. The number of pyridine rings is 1. The van der Waals surface area contributed by atoms with E-state index in [0.717, 1.165) is 80.2 Å². The summed E-state index contributed by atoms with van der Waals surface area (Å²) in [4.78, 5) is 31.9. The highest BCUT2D eigenvalue weighted by Gasteiger charge is 2.30. The highest BCUT2D eigenvalue weighted by Crippen LogP contribution is 2.42. The van der Waals surface area contributed by atoms with E-state index in [1.54, 1.807) is 6.20 Å². The maximum Gasteiger partial charge on any atom is 0.224 e. The molecule has 1 unspecified atom stereocenters. The van der Waals surface area contributed by atoms with Gasteiger partial charge in [-0.15, -0.1) is 11.3 Å². The quantitative estimate of drug-likeness (QED) is 0.582. The summed E-state index contributed by atoms with van der Waals surface area (Å²) in [7, 11) is 0. The van der Waals surface area contributed by atoms with Crippen molar-refractivity contribution in [3.63, 3.8) is 0 Å². The fourth-order valence-electron chi connectivity index (χ4n) is 4.75. The SMILES string of the molecule is CCCCNC(=O)C1CCCN(c2nc(-c3cccnc3)nc3sc4c(c23)CCC4)C1. The normalized spacial score (nSPS) is 18.4. The molecular formula is C24H29N5OS. The minimum Gasteiger partial charge on any atom is -0.356 e. The maximum absolute atomic E-state index is 12.8. The zero-order chi connectivity index (χ0) is 21.2. The number of unbranched alkanes of at least 4 members (excludes halogenated alkanes) is 1. The smallest absolute Gasteiger partial charge is 0.224 e. The molecule has 1 aliphatic heterocycles. The molecule has 162 valence electrons. The van der Waals surface area contributed by atoms with Gasteiger partial charge in [-0.2, -0.15) is 0 Å². The lowest BCUT2D eigenvalue weighted by Gasteiger charge is -2.33. The van der Waals surface area contributed by atoms with Crippen molar-refractivity contribution >= 4 is 33.3 Å². The molecule has 0 saturated carbocycles. The van der Waals surface area contributed by atoms with Crippen molar-refractivity contribution in [1.29, 1.82) is 0 Å². The Hall–Kier alpha value is -2.54. The van der Waals surface area contributed by atoms with Crippen molar-refractivity contribution in [2.75, 3.05) is 24.5 Å². The fraction of sp³-hybridized carbons (Fsp3) is 0.500. The summed E-state index contributed by atoms with van der Waals surface area (Å²) in [6.07, 6.45) is 11.1. The van der Waals surface area contributed by atoms with Crippen molar-refractivity contribution in [3.8, 4) is 11.4 Å². The van der Waals surface area contributed by atoms with E-state index in [0.29, 0.717) is 0 Å². The summed E-state index contributed by atoms with van der Waals surface area (Å²) in [5.41, 5.74) is 2.37. The summed E-state index contributed by atoms with van der Waals surface area (Å²) in [6, 6.07) is 3.94. The van der Waals surface area contributed by atoms with Crippen LogP contribution in [0.25, 0.3) is 21.6 Å². The predicted molar refractivity (Wildman–Crippen MR) is 126 cm³/mol. The minimum absolute atomic E-state index is 0.0177. The van der Waals surface area contributed by atoms with Crippen LogP contribution >= 0.6 is 11.3 Å². The van der Waals surface area contributed by atoms with Crippen LogP contribution in [0.2, 0.25) is 0 Å². The number of hydrogen-bond acceptors (Lipinski definition) is 6. The summed E-state index contributed by atoms with van der Waals surface area (Å²) >= 11 is 1.82.